The van der Waals surface area contributed by atoms with Gasteiger partial charge in [0, 0.05) is 19.0 Å². The molecule has 0 spiro atoms. The van der Waals surface area contributed by atoms with E-state index in [1.54, 1.807) is 18.2 Å². The fourth-order valence-corrected chi connectivity index (χ4v) is 3.21. The van der Waals surface area contributed by atoms with Gasteiger partial charge < -0.3 is 14.4 Å². The Kier molecular flexibility index (Phi) is 5.69. The summed E-state index contributed by atoms with van der Waals surface area (Å²) >= 11 is 11.8. The molecule has 5 nitrogen and oxygen atoms in total. The van der Waals surface area contributed by atoms with Crippen LogP contribution in [0.5, 0.6) is 5.75 Å². The average Bonchev–Trinajstić information content (AvgIpc) is 2.67. The van der Waals surface area contributed by atoms with Crippen LogP contribution in [0.2, 0.25) is 10.0 Å². The van der Waals surface area contributed by atoms with E-state index in [9.17, 15) is 9.59 Å². The van der Waals surface area contributed by atoms with Crippen molar-refractivity contribution in [3.63, 3.8) is 0 Å². The molecule has 0 N–H and O–H groups in total. The summed E-state index contributed by atoms with van der Waals surface area (Å²) in [6.07, 6.45) is 0.418. The number of fused-ring (bicyclic) bond motifs is 1. The number of rotatable bonds is 4. The molecule has 1 amide bonds. The molecule has 1 heterocycles. The van der Waals surface area contributed by atoms with Gasteiger partial charge in [-0.2, -0.15) is 0 Å². The molecule has 1 aliphatic heterocycles. The fraction of sp³-hybridized carbons (Fsp3) is 0.263. The van der Waals surface area contributed by atoms with Crippen LogP contribution in [0.4, 0.5) is 0 Å². The van der Waals surface area contributed by atoms with Crippen molar-refractivity contribution in [2.24, 2.45) is 0 Å². The smallest absolute Gasteiger partial charge is 0.328 e. The van der Waals surface area contributed by atoms with E-state index in [2.05, 4.69) is 0 Å². The molecule has 0 fully saturated rings. The molecular formula is C19H17Cl2NO4. The van der Waals surface area contributed by atoms with E-state index in [1.165, 1.54) is 12.0 Å². The molecule has 0 unspecified atom stereocenters. The lowest BCUT2D eigenvalue weighted by atomic mass is 9.94. The Hall–Kier alpha value is -2.24. The van der Waals surface area contributed by atoms with E-state index in [1.807, 2.05) is 24.3 Å². The number of methoxy groups -OCH3 is 1. The fourth-order valence-electron chi connectivity index (χ4n) is 2.93. The van der Waals surface area contributed by atoms with Crippen LogP contribution in [-0.4, -0.2) is 36.5 Å². The van der Waals surface area contributed by atoms with Crippen LogP contribution >= 0.6 is 23.2 Å². The topological polar surface area (TPSA) is 55.8 Å². The van der Waals surface area contributed by atoms with Crippen molar-refractivity contribution in [2.45, 2.75) is 19.0 Å². The van der Waals surface area contributed by atoms with E-state index in [0.29, 0.717) is 28.8 Å². The summed E-state index contributed by atoms with van der Waals surface area (Å²) in [6, 6.07) is 11.8. The molecular weight excluding hydrogens is 377 g/mol. The maximum absolute atomic E-state index is 12.7. The normalized spacial score (nSPS) is 16.0. The number of nitrogens with zero attached hydrogens (tertiary/aromatic N) is 1. The number of carbonyl (C=O) groups is 2. The maximum atomic E-state index is 12.7. The van der Waals surface area contributed by atoms with Gasteiger partial charge in [0.2, 0.25) is 0 Å². The number of halogens is 2. The Balaban J connectivity index is 1.75. The zero-order valence-corrected chi connectivity index (χ0v) is 15.6. The highest BCUT2D eigenvalue weighted by Gasteiger charge is 2.35. The predicted molar refractivity (Wildman–Crippen MR) is 98.5 cm³/mol. The minimum atomic E-state index is -0.667. The first-order chi connectivity index (χ1) is 12.5. The Morgan fingerprint density at radius 1 is 1.12 bits per heavy atom. The van der Waals surface area contributed by atoms with Gasteiger partial charge in [0.25, 0.3) is 5.91 Å². The third kappa shape index (κ3) is 3.94. The molecule has 2 aromatic carbocycles. The number of carbonyl (C=O) groups excluding carboxylic acids is 2. The molecule has 0 bridgehead atoms. The largest absolute Gasteiger partial charge is 0.484 e. The molecule has 0 aliphatic carbocycles. The van der Waals surface area contributed by atoms with E-state index in [4.69, 9.17) is 32.7 Å². The highest BCUT2D eigenvalue weighted by Crippen LogP contribution is 2.27. The lowest BCUT2D eigenvalue weighted by molar-refractivity contribution is -0.154. The zero-order chi connectivity index (χ0) is 18.7. The SMILES string of the molecule is COC(=O)[C@H]1Cc2ccccc2CN1C(=O)COc1ccc(Cl)c(Cl)c1. The average molecular weight is 394 g/mol. The van der Waals surface area contributed by atoms with Crippen LogP contribution in [-0.2, 0) is 27.3 Å². The Morgan fingerprint density at radius 3 is 2.54 bits per heavy atom. The van der Waals surface area contributed by atoms with Crippen LogP contribution in [0.15, 0.2) is 42.5 Å². The molecule has 1 atom stereocenters. The van der Waals surface area contributed by atoms with Gasteiger partial charge >= 0.3 is 5.97 Å². The minimum Gasteiger partial charge on any atom is -0.484 e. The minimum absolute atomic E-state index is 0.215. The zero-order valence-electron chi connectivity index (χ0n) is 14.1. The molecule has 7 heteroatoms. The highest BCUT2D eigenvalue weighted by molar-refractivity contribution is 6.42. The van der Waals surface area contributed by atoms with Crippen molar-refractivity contribution >= 4 is 35.1 Å². The molecule has 0 saturated carbocycles. The molecule has 0 saturated heterocycles. The second-order valence-electron chi connectivity index (χ2n) is 5.90. The quantitative estimate of drug-likeness (QED) is 0.745. The summed E-state index contributed by atoms with van der Waals surface area (Å²) in [5, 5.41) is 0.750. The van der Waals surface area contributed by atoms with Crippen molar-refractivity contribution in [1.82, 2.24) is 4.90 Å². The first-order valence-corrected chi connectivity index (χ1v) is 8.77. The molecule has 26 heavy (non-hydrogen) atoms. The molecule has 3 rings (SSSR count). The van der Waals surface area contributed by atoms with Gasteiger partial charge in [-0.25, -0.2) is 4.79 Å². The number of amides is 1. The lowest BCUT2D eigenvalue weighted by Gasteiger charge is -2.35. The maximum Gasteiger partial charge on any atom is 0.328 e. The van der Waals surface area contributed by atoms with E-state index in [-0.39, 0.29) is 12.5 Å². The number of esters is 1. The van der Waals surface area contributed by atoms with Gasteiger partial charge in [0.05, 0.1) is 17.2 Å². The van der Waals surface area contributed by atoms with Crippen LogP contribution in [0.25, 0.3) is 0 Å². The van der Waals surface area contributed by atoms with Crippen molar-refractivity contribution in [3.05, 3.63) is 63.6 Å². The summed E-state index contributed by atoms with van der Waals surface area (Å²) in [5.74, 6) is -0.317. The molecule has 136 valence electrons. The third-order valence-electron chi connectivity index (χ3n) is 4.30. The highest BCUT2D eigenvalue weighted by atomic mass is 35.5. The molecule has 0 radical (unpaired) electrons. The van der Waals surface area contributed by atoms with Gasteiger partial charge in [0.1, 0.15) is 11.8 Å². The van der Waals surface area contributed by atoms with Crippen molar-refractivity contribution in [3.8, 4) is 5.75 Å². The molecule has 1 aliphatic rings. The van der Waals surface area contributed by atoms with Gasteiger partial charge in [0.15, 0.2) is 6.61 Å². The standard InChI is InChI=1S/C19H17Cl2NO4/c1-25-19(24)17-8-12-4-2-3-5-13(12)10-22(17)18(23)11-26-14-6-7-15(20)16(21)9-14/h2-7,9,17H,8,10-11H2,1H3/t17-/m1/s1. The first-order valence-electron chi connectivity index (χ1n) is 8.01. The van der Waals surface area contributed by atoms with E-state index >= 15 is 0 Å². The van der Waals surface area contributed by atoms with Gasteiger partial charge in [-0.15, -0.1) is 0 Å². The Morgan fingerprint density at radius 2 is 1.85 bits per heavy atom. The van der Waals surface area contributed by atoms with E-state index in [0.717, 1.165) is 11.1 Å². The monoisotopic (exact) mass is 393 g/mol. The van der Waals surface area contributed by atoms with Crippen LogP contribution in [0.1, 0.15) is 11.1 Å². The van der Waals surface area contributed by atoms with Gasteiger partial charge in [-0.05, 0) is 23.3 Å². The van der Waals surface area contributed by atoms with E-state index < -0.39 is 12.0 Å². The summed E-state index contributed by atoms with van der Waals surface area (Å²) in [6.45, 7) is 0.118. The summed E-state index contributed by atoms with van der Waals surface area (Å²) in [7, 11) is 1.32. The Labute approximate surface area is 161 Å². The van der Waals surface area contributed by atoms with Crippen LogP contribution in [0, 0.1) is 0 Å². The third-order valence-corrected chi connectivity index (χ3v) is 5.03. The van der Waals surface area contributed by atoms with Crippen molar-refractivity contribution < 1.29 is 19.1 Å². The number of ether oxygens (including phenoxy) is 2. The van der Waals surface area contributed by atoms with Gasteiger partial charge in [-0.1, -0.05) is 47.5 Å². The van der Waals surface area contributed by atoms with Crippen molar-refractivity contribution in [1.29, 1.82) is 0 Å². The predicted octanol–water partition coefficient (Wildman–Crippen LogP) is 3.50. The van der Waals surface area contributed by atoms with Crippen LogP contribution < -0.4 is 4.74 Å². The molecule has 0 aromatic heterocycles. The number of hydrogen-bond acceptors (Lipinski definition) is 4. The van der Waals surface area contributed by atoms with Gasteiger partial charge in [-0.3, -0.25) is 4.79 Å². The number of hydrogen-bond donors (Lipinski definition) is 0. The summed E-state index contributed by atoms with van der Waals surface area (Å²) < 4.78 is 10.4. The molecule has 2 aromatic rings. The van der Waals surface area contributed by atoms with Crippen LogP contribution in [0.3, 0.4) is 0 Å². The summed E-state index contributed by atoms with van der Waals surface area (Å²) in [5.41, 5.74) is 2.05. The lowest BCUT2D eigenvalue weighted by Crippen LogP contribution is -2.50. The second kappa shape index (κ2) is 7.98. The summed E-state index contributed by atoms with van der Waals surface area (Å²) in [4.78, 5) is 26.3. The first kappa shape index (κ1) is 18.5. The Bertz CT molecular complexity index is 840. The number of benzene rings is 2. The van der Waals surface area contributed by atoms with Crippen molar-refractivity contribution in [2.75, 3.05) is 13.7 Å². The second-order valence-corrected chi connectivity index (χ2v) is 6.71.